The molecular weight excluding hydrogens is 731 g/mol. The molecule has 3 heterocycles. The highest BCUT2D eigenvalue weighted by molar-refractivity contribution is 7.80. The predicted molar refractivity (Wildman–Crippen MR) is 163 cm³/mol. The molecule has 0 radical (unpaired) electrons. The molecule has 1 aliphatic heterocycles. The summed E-state index contributed by atoms with van der Waals surface area (Å²) in [6, 6.07) is 0. The van der Waals surface area contributed by atoms with E-state index in [9.17, 15) is 53.1 Å². The number of nitrogens with zero attached hydrogens (tertiary/aromatic N) is 4. The maximum absolute atomic E-state index is 12.6. The SMILES string of the molecule is CC(C)(COP(=O)(O)OP(=O)(O)OC[C@H]1O[C@@H](n2cnc3c(N)ncnc32)[C@H](O)[C@H]1OP(=O)(O)O)C(O)C(=O)NCCC(=O)NCCS. The number of aromatic nitrogens is 4. The number of nitrogens with two attached hydrogens (primary N) is 1. The van der Waals surface area contributed by atoms with E-state index in [0.29, 0.717) is 12.3 Å². The highest BCUT2D eigenvalue weighted by Crippen LogP contribution is 2.61. The number of fused-ring (bicyclic) bond motifs is 1. The molecule has 23 nitrogen and oxygen atoms in total. The molecule has 0 bridgehead atoms. The lowest BCUT2D eigenvalue weighted by molar-refractivity contribution is -0.137. The zero-order chi connectivity index (χ0) is 36.1. The first-order valence-electron chi connectivity index (χ1n) is 13.7. The van der Waals surface area contributed by atoms with Crippen molar-refractivity contribution in [2.75, 3.05) is 37.8 Å². The van der Waals surface area contributed by atoms with Crippen molar-refractivity contribution in [1.82, 2.24) is 30.2 Å². The molecule has 0 aliphatic carbocycles. The van der Waals surface area contributed by atoms with Crippen molar-refractivity contribution in [2.24, 2.45) is 5.41 Å². The van der Waals surface area contributed by atoms with Gasteiger partial charge < -0.3 is 50.9 Å². The van der Waals surface area contributed by atoms with Gasteiger partial charge in [-0.25, -0.2) is 28.6 Å². The fraction of sp³-hybridized carbons (Fsp3) is 0.667. The molecule has 1 fully saturated rings. The van der Waals surface area contributed by atoms with E-state index < -0.39 is 78.6 Å². The highest BCUT2D eigenvalue weighted by Gasteiger charge is 2.50. The Morgan fingerprint density at radius 2 is 1.77 bits per heavy atom. The Bertz CT molecular complexity index is 1590. The number of aliphatic hydroxyl groups excluding tert-OH is 2. The summed E-state index contributed by atoms with van der Waals surface area (Å²) in [6.07, 6.45) is -6.74. The van der Waals surface area contributed by atoms with Crippen molar-refractivity contribution >= 4 is 64.9 Å². The first-order chi connectivity index (χ1) is 22.2. The summed E-state index contributed by atoms with van der Waals surface area (Å²) in [4.78, 5) is 74.6. The molecule has 1 saturated heterocycles. The lowest BCUT2D eigenvalue weighted by Crippen LogP contribution is -2.46. The number of imidazole rings is 1. The van der Waals surface area contributed by atoms with Crippen LogP contribution in [0.1, 0.15) is 26.5 Å². The van der Waals surface area contributed by atoms with Gasteiger partial charge in [0.05, 0.1) is 19.5 Å². The average Bonchev–Trinajstić information content (AvgIpc) is 3.54. The van der Waals surface area contributed by atoms with Crippen LogP contribution in [0.2, 0.25) is 0 Å². The van der Waals surface area contributed by atoms with Crippen LogP contribution in [0, 0.1) is 5.41 Å². The second-order valence-corrected chi connectivity index (χ2v) is 15.5. The minimum atomic E-state index is -5.54. The highest BCUT2D eigenvalue weighted by atomic mass is 32.1. The Labute approximate surface area is 277 Å². The average molecular weight is 768 g/mol. The number of phosphoric ester groups is 3. The third-order valence-electron chi connectivity index (χ3n) is 6.51. The number of carbonyl (C=O) groups excluding carboxylic acids is 2. The van der Waals surface area contributed by atoms with Gasteiger partial charge in [-0.1, -0.05) is 13.8 Å². The van der Waals surface area contributed by atoms with Crippen LogP contribution in [-0.4, -0.2) is 118 Å². The number of nitrogens with one attached hydrogen (secondary N) is 2. The number of rotatable bonds is 18. The lowest BCUT2D eigenvalue weighted by Gasteiger charge is -2.30. The molecule has 27 heteroatoms. The molecule has 0 spiro atoms. The number of ether oxygens (including phenoxy) is 1. The van der Waals surface area contributed by atoms with E-state index in [-0.39, 0.29) is 35.9 Å². The monoisotopic (exact) mass is 767 g/mol. The van der Waals surface area contributed by atoms with Crippen molar-refractivity contribution in [3.8, 4) is 0 Å². The van der Waals surface area contributed by atoms with E-state index in [4.69, 9.17) is 19.5 Å². The number of anilines is 1. The molecule has 2 aromatic rings. The fourth-order valence-electron chi connectivity index (χ4n) is 4.14. The number of hydrogen-bond donors (Lipinski definition) is 10. The van der Waals surface area contributed by atoms with Gasteiger partial charge in [0.1, 0.15) is 36.3 Å². The van der Waals surface area contributed by atoms with Crippen molar-refractivity contribution in [2.45, 2.75) is 50.9 Å². The molecule has 0 aromatic carbocycles. The van der Waals surface area contributed by atoms with Crippen molar-refractivity contribution in [3.05, 3.63) is 12.7 Å². The van der Waals surface area contributed by atoms with Gasteiger partial charge in [-0.2, -0.15) is 16.9 Å². The van der Waals surface area contributed by atoms with Crippen LogP contribution >= 0.6 is 36.1 Å². The first-order valence-corrected chi connectivity index (χ1v) is 18.8. The molecule has 1 aliphatic rings. The van der Waals surface area contributed by atoms with Gasteiger partial charge in [0.25, 0.3) is 0 Å². The third kappa shape index (κ3) is 11.2. The van der Waals surface area contributed by atoms with Gasteiger partial charge in [-0.3, -0.25) is 27.7 Å². The topological polar surface area (TPSA) is 347 Å². The lowest BCUT2D eigenvalue weighted by atomic mass is 9.87. The van der Waals surface area contributed by atoms with Crippen LogP contribution < -0.4 is 16.4 Å². The van der Waals surface area contributed by atoms with Crippen molar-refractivity contribution < 1.29 is 75.7 Å². The molecule has 272 valence electrons. The number of carbonyl (C=O) groups is 2. The summed E-state index contributed by atoms with van der Waals surface area (Å²) in [5, 5.41) is 26.1. The fourth-order valence-corrected chi connectivity index (χ4v) is 7.08. The van der Waals surface area contributed by atoms with E-state index in [0.717, 1.165) is 17.2 Å². The molecular formula is C21H36N7O16P3S. The van der Waals surface area contributed by atoms with Crippen LogP contribution in [0.15, 0.2) is 12.7 Å². The summed E-state index contributed by atoms with van der Waals surface area (Å²) in [5.41, 5.74) is 4.30. The summed E-state index contributed by atoms with van der Waals surface area (Å²) in [6.45, 7) is 0.723. The zero-order valence-corrected chi connectivity index (χ0v) is 28.8. The Morgan fingerprint density at radius 1 is 1.10 bits per heavy atom. The van der Waals surface area contributed by atoms with E-state index in [1.165, 1.54) is 13.8 Å². The van der Waals surface area contributed by atoms with E-state index in [1.54, 1.807) is 0 Å². The van der Waals surface area contributed by atoms with Crippen LogP contribution in [-0.2, 0) is 45.9 Å². The number of aliphatic hydroxyl groups is 2. The smallest absolute Gasteiger partial charge is 0.386 e. The maximum Gasteiger partial charge on any atom is 0.481 e. The van der Waals surface area contributed by atoms with E-state index >= 15 is 0 Å². The van der Waals surface area contributed by atoms with E-state index in [1.807, 2.05) is 0 Å². The Balaban J connectivity index is 1.61. The third-order valence-corrected chi connectivity index (χ3v) is 9.83. The summed E-state index contributed by atoms with van der Waals surface area (Å²) >= 11 is 3.95. The molecule has 3 rings (SSSR count). The molecule has 10 N–H and O–H groups in total. The number of amides is 2. The molecule has 2 amide bonds. The standard InChI is InChI=1S/C21H36N7O16P3S/c1-21(2,16(31)19(32)24-4-3-12(29)23-5-6-48)8-41-47(38,39)44-46(36,37)40-7-11-15(43-45(33,34)35)14(30)20(42-11)28-10-27-13-17(22)25-9-26-18(13)28/h9-11,14-16,20,30-31,48H,3-8H2,1-2H3,(H,23,29)(H,24,32)(H,36,37)(H,38,39)(H2,22,25,26)(H2,33,34,35)/t11-,14-,15+,16?,20-/m1/s1. The van der Waals surface area contributed by atoms with Gasteiger partial charge >= 0.3 is 23.5 Å². The molecule has 48 heavy (non-hydrogen) atoms. The summed E-state index contributed by atoms with van der Waals surface area (Å²) in [5.74, 6) is -0.943. The van der Waals surface area contributed by atoms with Crippen LogP contribution in [0.4, 0.5) is 5.82 Å². The molecule has 7 atom stereocenters. The number of hydrogen-bond acceptors (Lipinski definition) is 17. The van der Waals surface area contributed by atoms with Gasteiger partial charge in [0.2, 0.25) is 11.8 Å². The number of phosphoric acid groups is 3. The van der Waals surface area contributed by atoms with Crippen LogP contribution in [0.5, 0.6) is 0 Å². The molecule has 3 unspecified atom stereocenters. The quantitative estimate of drug-likeness (QED) is 0.0599. The Morgan fingerprint density at radius 3 is 2.42 bits per heavy atom. The normalized spacial score (nSPS) is 23.4. The second-order valence-electron chi connectivity index (χ2n) is 10.8. The van der Waals surface area contributed by atoms with Crippen molar-refractivity contribution in [3.63, 3.8) is 0 Å². The van der Waals surface area contributed by atoms with Gasteiger partial charge in [-0.05, 0) is 0 Å². The summed E-state index contributed by atoms with van der Waals surface area (Å²) in [7, 11) is -16.3. The van der Waals surface area contributed by atoms with Gasteiger partial charge in [0.15, 0.2) is 17.7 Å². The maximum atomic E-state index is 12.6. The van der Waals surface area contributed by atoms with Gasteiger partial charge in [0, 0.05) is 30.7 Å². The molecule has 0 saturated carbocycles. The summed E-state index contributed by atoms with van der Waals surface area (Å²) < 4.78 is 61.7. The Kier molecular flexibility index (Phi) is 13.7. The number of thiol groups is 1. The number of nitrogen functional groups attached to an aromatic ring is 1. The largest absolute Gasteiger partial charge is 0.481 e. The van der Waals surface area contributed by atoms with Crippen molar-refractivity contribution in [1.29, 1.82) is 0 Å². The van der Waals surface area contributed by atoms with Crippen LogP contribution in [0.25, 0.3) is 11.2 Å². The van der Waals surface area contributed by atoms with Crippen LogP contribution in [0.3, 0.4) is 0 Å². The zero-order valence-electron chi connectivity index (χ0n) is 25.2. The first kappa shape index (κ1) is 40.3. The second kappa shape index (κ2) is 16.3. The minimum absolute atomic E-state index is 0.0363. The van der Waals surface area contributed by atoms with Gasteiger partial charge in [-0.15, -0.1) is 0 Å². The Hall–Kier alpha value is -2.11. The predicted octanol–water partition coefficient (Wildman–Crippen LogP) is -1.67. The minimum Gasteiger partial charge on any atom is -0.386 e. The van der Waals surface area contributed by atoms with E-state index in [2.05, 4.69) is 47.0 Å². The molecule has 2 aromatic heterocycles.